The molecule has 0 spiro atoms. The number of aromatic nitrogens is 3. The summed E-state index contributed by atoms with van der Waals surface area (Å²) in [6.07, 6.45) is 6.00. The molecule has 0 unspecified atom stereocenters. The normalized spacial score (nSPS) is 18.3. The number of aryl methyl sites for hydroxylation is 1. The summed E-state index contributed by atoms with van der Waals surface area (Å²) >= 11 is 0. The van der Waals surface area contributed by atoms with E-state index in [1.54, 1.807) is 25.2 Å². The van der Waals surface area contributed by atoms with Gasteiger partial charge in [-0.1, -0.05) is 0 Å². The summed E-state index contributed by atoms with van der Waals surface area (Å²) in [7, 11) is 5.50. The molecule has 0 N–H and O–H groups in total. The molecule has 1 fully saturated rings. The highest BCUT2D eigenvalue weighted by molar-refractivity contribution is 5.93. The van der Waals surface area contributed by atoms with Crippen LogP contribution in [-0.2, 0) is 13.6 Å². The van der Waals surface area contributed by atoms with Crippen molar-refractivity contribution in [1.29, 1.82) is 0 Å². The van der Waals surface area contributed by atoms with Crippen molar-refractivity contribution in [3.05, 3.63) is 47.0 Å². The van der Waals surface area contributed by atoms with E-state index in [-0.39, 0.29) is 5.91 Å². The number of nitrogens with zero attached hydrogens (tertiary/aromatic N) is 5. The van der Waals surface area contributed by atoms with E-state index in [9.17, 15) is 4.79 Å². The van der Waals surface area contributed by atoms with E-state index in [1.807, 2.05) is 30.1 Å². The Hall–Kier alpha value is -2.21. The van der Waals surface area contributed by atoms with Gasteiger partial charge in [0.25, 0.3) is 5.91 Å². The molecule has 6 nitrogen and oxygen atoms in total. The lowest BCUT2D eigenvalue weighted by Crippen LogP contribution is -2.34. The van der Waals surface area contributed by atoms with Crippen molar-refractivity contribution in [3.63, 3.8) is 0 Å². The van der Waals surface area contributed by atoms with Crippen molar-refractivity contribution in [2.24, 2.45) is 7.05 Å². The monoisotopic (exact) mass is 341 g/mol. The molecule has 0 radical (unpaired) electrons. The minimum Gasteiger partial charge on any atom is -0.345 e. The molecule has 1 saturated heterocycles. The van der Waals surface area contributed by atoms with Crippen molar-refractivity contribution in [2.75, 3.05) is 27.2 Å². The van der Waals surface area contributed by atoms with Gasteiger partial charge < -0.3 is 4.90 Å². The summed E-state index contributed by atoms with van der Waals surface area (Å²) in [5.74, 6) is 0.422. The highest BCUT2D eigenvalue weighted by Gasteiger charge is 2.23. The Labute approximate surface area is 149 Å². The van der Waals surface area contributed by atoms with Gasteiger partial charge >= 0.3 is 0 Å². The Morgan fingerprint density at radius 3 is 2.72 bits per heavy atom. The highest BCUT2D eigenvalue weighted by atomic mass is 16.2. The summed E-state index contributed by atoms with van der Waals surface area (Å²) < 4.78 is 1.93. The first-order valence-electron chi connectivity index (χ1n) is 8.83. The van der Waals surface area contributed by atoms with Crippen LogP contribution >= 0.6 is 0 Å². The van der Waals surface area contributed by atoms with Gasteiger partial charge in [0, 0.05) is 63.3 Å². The lowest BCUT2D eigenvalue weighted by Gasteiger charge is -2.32. The molecule has 2 aromatic rings. The van der Waals surface area contributed by atoms with Gasteiger partial charge in [0.05, 0.1) is 11.8 Å². The predicted molar refractivity (Wildman–Crippen MR) is 97.5 cm³/mol. The third-order valence-electron chi connectivity index (χ3n) is 5.09. The number of amides is 1. The molecule has 1 atom stereocenters. The minimum absolute atomic E-state index is 0.00336. The smallest absolute Gasteiger partial charge is 0.254 e. The van der Waals surface area contributed by atoms with Crippen molar-refractivity contribution in [2.45, 2.75) is 32.2 Å². The van der Waals surface area contributed by atoms with E-state index in [0.29, 0.717) is 11.5 Å². The predicted octanol–water partition coefficient (Wildman–Crippen LogP) is 2.20. The first-order chi connectivity index (χ1) is 12.0. The van der Waals surface area contributed by atoms with E-state index >= 15 is 0 Å². The second-order valence-corrected chi connectivity index (χ2v) is 7.12. The van der Waals surface area contributed by atoms with Crippen LogP contribution in [0, 0.1) is 6.92 Å². The third kappa shape index (κ3) is 3.90. The second-order valence-electron chi connectivity index (χ2n) is 7.12. The number of likely N-dealkylation sites (tertiary alicyclic amines) is 1. The van der Waals surface area contributed by atoms with Gasteiger partial charge in [-0.05, 0) is 38.4 Å². The van der Waals surface area contributed by atoms with Crippen LogP contribution < -0.4 is 0 Å². The lowest BCUT2D eigenvalue weighted by atomic mass is 9.93. The van der Waals surface area contributed by atoms with E-state index in [4.69, 9.17) is 0 Å². The van der Waals surface area contributed by atoms with Crippen LogP contribution in [-0.4, -0.2) is 57.7 Å². The Kier molecular flexibility index (Phi) is 5.18. The average molecular weight is 341 g/mol. The number of carbonyl (C=O) groups is 1. The Bertz CT molecular complexity index is 735. The molecule has 25 heavy (non-hydrogen) atoms. The minimum atomic E-state index is -0.00336. The van der Waals surface area contributed by atoms with Crippen molar-refractivity contribution >= 4 is 5.91 Å². The van der Waals surface area contributed by atoms with E-state index in [2.05, 4.69) is 21.9 Å². The molecule has 0 aromatic carbocycles. The van der Waals surface area contributed by atoms with Crippen molar-refractivity contribution < 1.29 is 4.79 Å². The van der Waals surface area contributed by atoms with E-state index < -0.39 is 0 Å². The van der Waals surface area contributed by atoms with Crippen LogP contribution in [0.5, 0.6) is 0 Å². The van der Waals surface area contributed by atoms with Crippen LogP contribution in [0.3, 0.4) is 0 Å². The number of carbonyl (C=O) groups excluding carboxylic acids is 1. The van der Waals surface area contributed by atoms with Crippen LogP contribution in [0.25, 0.3) is 0 Å². The van der Waals surface area contributed by atoms with Crippen molar-refractivity contribution in [1.82, 2.24) is 24.6 Å². The molecule has 1 amide bonds. The first-order valence-corrected chi connectivity index (χ1v) is 8.83. The van der Waals surface area contributed by atoms with Gasteiger partial charge in [0.2, 0.25) is 0 Å². The summed E-state index contributed by atoms with van der Waals surface area (Å²) in [6, 6.07) is 3.91. The van der Waals surface area contributed by atoms with Crippen LogP contribution in [0.15, 0.2) is 24.5 Å². The molecule has 3 rings (SSSR count). The zero-order valence-electron chi connectivity index (χ0n) is 15.6. The maximum absolute atomic E-state index is 12.0. The van der Waals surface area contributed by atoms with Gasteiger partial charge in [-0.15, -0.1) is 0 Å². The SMILES string of the molecule is Cc1c(CN2CCC[C@H](c3ccc(C(=O)N(C)C)cn3)C2)cnn1C. The Morgan fingerprint density at radius 1 is 1.32 bits per heavy atom. The maximum atomic E-state index is 12.0. The van der Waals surface area contributed by atoms with Crippen LogP contribution in [0.4, 0.5) is 0 Å². The fraction of sp³-hybridized carbons (Fsp3) is 0.526. The number of hydrogen-bond acceptors (Lipinski definition) is 4. The highest BCUT2D eigenvalue weighted by Crippen LogP contribution is 2.27. The lowest BCUT2D eigenvalue weighted by molar-refractivity contribution is 0.0827. The Morgan fingerprint density at radius 2 is 2.12 bits per heavy atom. The number of piperidine rings is 1. The third-order valence-corrected chi connectivity index (χ3v) is 5.09. The molecule has 2 aromatic heterocycles. The van der Waals surface area contributed by atoms with Gasteiger partial charge in [-0.25, -0.2) is 0 Å². The van der Waals surface area contributed by atoms with E-state index in [1.165, 1.54) is 17.7 Å². The maximum Gasteiger partial charge on any atom is 0.254 e. The molecule has 6 heteroatoms. The quantitative estimate of drug-likeness (QED) is 0.855. The van der Waals surface area contributed by atoms with E-state index in [0.717, 1.165) is 31.7 Å². The molecule has 3 heterocycles. The average Bonchev–Trinajstić information content (AvgIpc) is 2.93. The van der Waals surface area contributed by atoms with Gasteiger partial charge in [-0.2, -0.15) is 5.10 Å². The summed E-state index contributed by atoms with van der Waals surface area (Å²) in [6.45, 7) is 5.17. The van der Waals surface area contributed by atoms with Crippen LogP contribution in [0.1, 0.15) is 46.1 Å². The zero-order valence-corrected chi connectivity index (χ0v) is 15.6. The number of hydrogen-bond donors (Lipinski definition) is 0. The molecule has 1 aliphatic rings. The first kappa shape index (κ1) is 17.6. The van der Waals surface area contributed by atoms with Gasteiger partial charge in [0.15, 0.2) is 0 Å². The fourth-order valence-electron chi connectivity index (χ4n) is 3.41. The molecule has 0 aliphatic carbocycles. The molecular weight excluding hydrogens is 314 g/mol. The topological polar surface area (TPSA) is 54.3 Å². The van der Waals surface area contributed by atoms with Gasteiger partial charge in [0.1, 0.15) is 0 Å². The standard InChI is InChI=1S/C19H27N5O/c1-14-17(11-21-23(14)4)13-24-9-5-6-16(12-24)18-8-7-15(10-20-18)19(25)22(2)3/h7-8,10-11,16H,5-6,9,12-13H2,1-4H3/t16-/m0/s1. The summed E-state index contributed by atoms with van der Waals surface area (Å²) in [4.78, 5) is 20.6. The number of pyridine rings is 1. The molecular formula is C19H27N5O. The van der Waals surface area contributed by atoms with Gasteiger partial charge in [-0.3, -0.25) is 19.4 Å². The zero-order chi connectivity index (χ0) is 18.0. The second kappa shape index (κ2) is 7.35. The molecule has 0 bridgehead atoms. The molecule has 1 aliphatic heterocycles. The largest absolute Gasteiger partial charge is 0.345 e. The number of rotatable bonds is 4. The summed E-state index contributed by atoms with van der Waals surface area (Å²) in [5, 5.41) is 4.34. The Balaban J connectivity index is 1.67. The molecule has 134 valence electrons. The summed E-state index contributed by atoms with van der Waals surface area (Å²) in [5.41, 5.74) is 4.25. The van der Waals surface area contributed by atoms with Crippen LogP contribution in [0.2, 0.25) is 0 Å². The van der Waals surface area contributed by atoms with Crippen molar-refractivity contribution in [3.8, 4) is 0 Å². The fourth-order valence-corrected chi connectivity index (χ4v) is 3.41. The molecule has 0 saturated carbocycles.